The Hall–Kier alpha value is -1.11. The van der Waals surface area contributed by atoms with Crippen molar-refractivity contribution in [1.29, 1.82) is 0 Å². The van der Waals surface area contributed by atoms with Crippen molar-refractivity contribution in [3.8, 4) is 0 Å². The Morgan fingerprint density at radius 3 is 2.89 bits per heavy atom. The van der Waals surface area contributed by atoms with Gasteiger partial charge in [-0.3, -0.25) is 4.90 Å². The predicted molar refractivity (Wildman–Crippen MR) is 62.9 cm³/mol. The van der Waals surface area contributed by atoms with Crippen molar-refractivity contribution in [3.05, 3.63) is 12.7 Å². The van der Waals surface area contributed by atoms with E-state index in [9.17, 15) is 4.79 Å². The van der Waals surface area contributed by atoms with E-state index in [1.807, 2.05) is 0 Å². The van der Waals surface area contributed by atoms with Gasteiger partial charge < -0.3 is 18.9 Å². The van der Waals surface area contributed by atoms with Gasteiger partial charge in [-0.05, 0) is 0 Å². The third-order valence-corrected chi connectivity index (χ3v) is 3.21. The maximum atomic E-state index is 11.8. The molecule has 1 spiro atoms. The van der Waals surface area contributed by atoms with Crippen molar-refractivity contribution in [2.75, 3.05) is 33.5 Å². The molecular weight excluding hydrogens is 238 g/mol. The van der Waals surface area contributed by atoms with Crippen LogP contribution in [0.15, 0.2) is 12.7 Å². The minimum absolute atomic E-state index is 0.198. The summed E-state index contributed by atoms with van der Waals surface area (Å²) >= 11 is 0. The van der Waals surface area contributed by atoms with Gasteiger partial charge in [0.05, 0.1) is 13.2 Å². The van der Waals surface area contributed by atoms with Gasteiger partial charge in [-0.25, -0.2) is 4.79 Å². The van der Waals surface area contributed by atoms with Crippen LogP contribution in [0.2, 0.25) is 0 Å². The summed E-state index contributed by atoms with van der Waals surface area (Å²) in [7, 11) is 1.56. The summed E-state index contributed by atoms with van der Waals surface area (Å²) < 4.78 is 21.6. The first kappa shape index (κ1) is 13.3. The molecule has 6 nitrogen and oxygen atoms in total. The third kappa shape index (κ3) is 2.66. The van der Waals surface area contributed by atoms with Crippen molar-refractivity contribution in [2.24, 2.45) is 0 Å². The van der Waals surface area contributed by atoms with Crippen LogP contribution in [-0.4, -0.2) is 56.5 Å². The molecule has 1 atom stereocenters. The first-order chi connectivity index (χ1) is 8.71. The number of amides is 1. The minimum atomic E-state index is -0.587. The van der Waals surface area contributed by atoms with Crippen LogP contribution in [0, 0.1) is 0 Å². The van der Waals surface area contributed by atoms with E-state index in [1.54, 1.807) is 12.0 Å². The zero-order valence-electron chi connectivity index (χ0n) is 10.6. The van der Waals surface area contributed by atoms with Gasteiger partial charge in [-0.15, -0.1) is 0 Å². The number of hydrogen-bond donors (Lipinski definition) is 0. The number of likely N-dealkylation sites (tertiary alicyclic amines) is 1. The second-order valence-corrected chi connectivity index (χ2v) is 4.31. The van der Waals surface area contributed by atoms with Crippen LogP contribution in [0.5, 0.6) is 0 Å². The van der Waals surface area contributed by atoms with E-state index >= 15 is 0 Å². The number of piperidine rings is 1. The lowest BCUT2D eigenvalue weighted by Gasteiger charge is -2.41. The molecule has 0 aromatic rings. The normalized spacial score (nSPS) is 26.3. The van der Waals surface area contributed by atoms with Crippen molar-refractivity contribution in [3.63, 3.8) is 0 Å². The van der Waals surface area contributed by atoms with Gasteiger partial charge in [0, 0.05) is 26.5 Å². The molecule has 0 bridgehead atoms. The highest BCUT2D eigenvalue weighted by Crippen LogP contribution is 2.34. The first-order valence-corrected chi connectivity index (χ1v) is 6.06. The van der Waals surface area contributed by atoms with Crippen molar-refractivity contribution < 1.29 is 23.7 Å². The summed E-state index contributed by atoms with van der Waals surface area (Å²) in [6, 6.07) is 0. The van der Waals surface area contributed by atoms with E-state index in [4.69, 9.17) is 18.9 Å². The number of nitrogens with zero attached hydrogens (tertiary/aromatic N) is 1. The van der Waals surface area contributed by atoms with Crippen LogP contribution in [0.1, 0.15) is 12.8 Å². The molecule has 6 heteroatoms. The molecule has 18 heavy (non-hydrogen) atoms. The zero-order chi connectivity index (χ0) is 13.0. The van der Waals surface area contributed by atoms with E-state index in [0.29, 0.717) is 32.6 Å². The van der Waals surface area contributed by atoms with Gasteiger partial charge in [-0.2, -0.15) is 0 Å². The lowest BCUT2D eigenvalue weighted by Crippen LogP contribution is -2.54. The third-order valence-electron chi connectivity index (χ3n) is 3.21. The summed E-state index contributed by atoms with van der Waals surface area (Å²) in [5.74, 6) is -0.587. The predicted octanol–water partition coefficient (Wildman–Crippen LogP) is 1.12. The smallest absolute Gasteiger partial charge is 0.412 e. The largest absolute Gasteiger partial charge is 0.445 e. The summed E-state index contributed by atoms with van der Waals surface area (Å²) in [5, 5.41) is 0. The molecule has 0 N–H and O–H groups in total. The highest BCUT2D eigenvalue weighted by molar-refractivity contribution is 5.68. The maximum absolute atomic E-state index is 11.8. The Morgan fingerprint density at radius 2 is 2.28 bits per heavy atom. The Kier molecular flexibility index (Phi) is 4.21. The van der Waals surface area contributed by atoms with Crippen LogP contribution < -0.4 is 0 Å². The summed E-state index contributed by atoms with van der Waals surface area (Å²) in [6.07, 6.45) is 1.90. The molecule has 2 heterocycles. The van der Waals surface area contributed by atoms with Crippen LogP contribution in [0.4, 0.5) is 4.79 Å². The molecule has 2 saturated heterocycles. The van der Waals surface area contributed by atoms with Gasteiger partial charge in [0.15, 0.2) is 5.79 Å². The lowest BCUT2D eigenvalue weighted by atomic mass is 10.0. The lowest BCUT2D eigenvalue weighted by molar-refractivity contribution is -0.222. The fourth-order valence-corrected chi connectivity index (χ4v) is 2.30. The zero-order valence-corrected chi connectivity index (χ0v) is 10.6. The van der Waals surface area contributed by atoms with Gasteiger partial charge in [0.2, 0.25) is 0 Å². The molecule has 0 aromatic carbocycles. The first-order valence-electron chi connectivity index (χ1n) is 6.06. The molecule has 0 aliphatic carbocycles. The van der Waals surface area contributed by atoms with Crippen molar-refractivity contribution in [2.45, 2.75) is 24.9 Å². The highest BCUT2D eigenvalue weighted by atomic mass is 16.7. The fraction of sp³-hybridized carbons (Fsp3) is 0.750. The molecule has 0 saturated carbocycles. The van der Waals surface area contributed by atoms with Crippen LogP contribution in [0.3, 0.4) is 0 Å². The Labute approximate surface area is 106 Å². The number of carbonyl (C=O) groups excluding carboxylic acids is 1. The van der Waals surface area contributed by atoms with E-state index in [0.717, 1.165) is 0 Å². The van der Waals surface area contributed by atoms with Crippen LogP contribution >= 0.6 is 0 Å². The number of ether oxygens (including phenoxy) is 4. The molecule has 0 radical (unpaired) electrons. The van der Waals surface area contributed by atoms with Crippen molar-refractivity contribution >= 4 is 6.09 Å². The van der Waals surface area contributed by atoms with E-state index in [-0.39, 0.29) is 12.8 Å². The standard InChI is InChI=1S/C12H19NO5/c1-3-6-16-11(14)13-5-4-12(9-10(13)15-2)17-7-8-18-12/h3,10H,1,4-9H2,2H3. The Balaban J connectivity index is 1.97. The molecule has 1 unspecified atom stereocenters. The maximum Gasteiger partial charge on any atom is 0.412 e. The SMILES string of the molecule is C=CCOC(=O)N1CCC2(CC1OC)OCCO2. The fourth-order valence-electron chi connectivity index (χ4n) is 2.30. The number of carbonyl (C=O) groups is 1. The summed E-state index contributed by atoms with van der Waals surface area (Å²) in [4.78, 5) is 13.4. The van der Waals surface area contributed by atoms with Gasteiger partial charge in [0.25, 0.3) is 0 Å². The average molecular weight is 257 g/mol. The number of methoxy groups -OCH3 is 1. The monoisotopic (exact) mass is 257 g/mol. The molecule has 2 fully saturated rings. The number of hydrogen-bond acceptors (Lipinski definition) is 5. The molecule has 102 valence electrons. The molecule has 2 aliphatic heterocycles. The molecule has 2 aliphatic rings. The minimum Gasteiger partial charge on any atom is -0.445 e. The summed E-state index contributed by atoms with van der Waals surface area (Å²) in [6.45, 7) is 5.39. The molecular formula is C12H19NO5. The Morgan fingerprint density at radius 1 is 1.56 bits per heavy atom. The molecule has 0 aromatic heterocycles. The quantitative estimate of drug-likeness (QED) is 0.709. The molecule has 1 amide bonds. The summed E-state index contributed by atoms with van der Waals surface area (Å²) in [5.41, 5.74) is 0. The second-order valence-electron chi connectivity index (χ2n) is 4.31. The van der Waals surface area contributed by atoms with Crippen molar-refractivity contribution in [1.82, 2.24) is 4.90 Å². The van der Waals surface area contributed by atoms with E-state index < -0.39 is 11.9 Å². The topological polar surface area (TPSA) is 57.2 Å². The van der Waals surface area contributed by atoms with Gasteiger partial charge in [-0.1, -0.05) is 12.7 Å². The van der Waals surface area contributed by atoms with E-state index in [1.165, 1.54) is 6.08 Å². The van der Waals surface area contributed by atoms with Gasteiger partial charge >= 0.3 is 6.09 Å². The number of rotatable bonds is 3. The highest BCUT2D eigenvalue weighted by Gasteiger charge is 2.46. The van der Waals surface area contributed by atoms with Crippen LogP contribution in [0.25, 0.3) is 0 Å². The molecule has 2 rings (SSSR count). The average Bonchev–Trinajstić information content (AvgIpc) is 2.84. The second kappa shape index (κ2) is 5.69. The van der Waals surface area contributed by atoms with E-state index in [2.05, 4.69) is 6.58 Å². The Bertz CT molecular complexity index is 314. The van der Waals surface area contributed by atoms with Crippen LogP contribution in [-0.2, 0) is 18.9 Å². The van der Waals surface area contributed by atoms with Gasteiger partial charge in [0.1, 0.15) is 12.8 Å².